The van der Waals surface area contributed by atoms with Crippen LogP contribution in [0.5, 0.6) is 0 Å². The third-order valence-electron chi connectivity index (χ3n) is 3.71. The van der Waals surface area contributed by atoms with E-state index in [0.29, 0.717) is 18.4 Å². The molecule has 2 rings (SSSR count). The van der Waals surface area contributed by atoms with E-state index in [0.717, 1.165) is 25.5 Å². The molecule has 0 saturated heterocycles. The molecule has 1 aromatic heterocycles. The molecule has 1 aliphatic rings. The molecule has 0 bridgehead atoms. The fourth-order valence-electron chi connectivity index (χ4n) is 2.68. The first kappa shape index (κ1) is 15.0. The van der Waals surface area contributed by atoms with Gasteiger partial charge in [0, 0.05) is 6.54 Å². The number of hydrogen-bond donors (Lipinski definition) is 3. The van der Waals surface area contributed by atoms with Gasteiger partial charge in [-0.25, -0.2) is 17.9 Å². The first-order chi connectivity index (χ1) is 9.40. The van der Waals surface area contributed by atoms with E-state index in [1.165, 1.54) is 6.42 Å². The zero-order valence-electron chi connectivity index (χ0n) is 11.3. The van der Waals surface area contributed by atoms with E-state index >= 15 is 0 Å². The molecule has 1 aliphatic carbocycles. The molecule has 7 nitrogen and oxygen atoms in total. The average molecular weight is 301 g/mol. The van der Waals surface area contributed by atoms with Gasteiger partial charge in [-0.1, -0.05) is 19.8 Å². The summed E-state index contributed by atoms with van der Waals surface area (Å²) in [5.74, 6) is -0.393. The summed E-state index contributed by atoms with van der Waals surface area (Å²) in [5.41, 5.74) is -0.338. The molecular weight excluding hydrogens is 282 g/mol. The Hall–Kier alpha value is -1.41. The molecule has 8 heteroatoms. The van der Waals surface area contributed by atoms with Crippen molar-refractivity contribution < 1.29 is 18.3 Å². The van der Waals surface area contributed by atoms with Crippen LogP contribution in [-0.2, 0) is 10.0 Å². The number of sulfonamides is 1. The number of nitrogens with zero attached hydrogens (tertiary/aromatic N) is 1. The van der Waals surface area contributed by atoms with Crippen LogP contribution in [0.15, 0.2) is 11.2 Å². The van der Waals surface area contributed by atoms with Crippen molar-refractivity contribution in [1.29, 1.82) is 0 Å². The molecule has 0 amide bonds. The van der Waals surface area contributed by atoms with Crippen LogP contribution >= 0.6 is 0 Å². The quantitative estimate of drug-likeness (QED) is 0.756. The molecule has 3 N–H and O–H groups in total. The molecule has 1 fully saturated rings. The van der Waals surface area contributed by atoms with E-state index in [9.17, 15) is 13.2 Å². The summed E-state index contributed by atoms with van der Waals surface area (Å²) in [6, 6.07) is 0. The van der Waals surface area contributed by atoms with Crippen molar-refractivity contribution in [2.45, 2.75) is 37.6 Å². The van der Waals surface area contributed by atoms with E-state index in [1.54, 1.807) is 0 Å². The third-order valence-corrected chi connectivity index (χ3v) is 5.11. The van der Waals surface area contributed by atoms with E-state index in [4.69, 9.17) is 5.11 Å². The summed E-state index contributed by atoms with van der Waals surface area (Å²) in [6.07, 6.45) is 5.30. The summed E-state index contributed by atoms with van der Waals surface area (Å²) < 4.78 is 26.7. The van der Waals surface area contributed by atoms with Gasteiger partial charge in [0.05, 0.1) is 6.20 Å². The monoisotopic (exact) mass is 301 g/mol. The van der Waals surface area contributed by atoms with E-state index in [1.807, 2.05) is 0 Å². The largest absolute Gasteiger partial charge is 0.478 e. The first-order valence-corrected chi connectivity index (χ1v) is 8.15. The van der Waals surface area contributed by atoms with Gasteiger partial charge in [-0.3, -0.25) is 5.10 Å². The number of aromatic nitrogens is 2. The number of nitrogens with one attached hydrogen (secondary N) is 2. The molecule has 1 heterocycles. The molecular formula is C12H19N3O4S. The molecule has 1 saturated carbocycles. The minimum atomic E-state index is -3.86. The van der Waals surface area contributed by atoms with Crippen LogP contribution in [0.1, 0.15) is 43.0 Å². The van der Waals surface area contributed by atoms with Gasteiger partial charge in [0.2, 0.25) is 0 Å². The van der Waals surface area contributed by atoms with Crippen molar-refractivity contribution in [3.05, 3.63) is 11.8 Å². The number of rotatable bonds is 5. The second-order valence-electron chi connectivity index (χ2n) is 5.41. The Morgan fingerprint density at radius 1 is 1.55 bits per heavy atom. The van der Waals surface area contributed by atoms with Crippen molar-refractivity contribution in [2.75, 3.05) is 6.54 Å². The van der Waals surface area contributed by atoms with Gasteiger partial charge in [-0.15, -0.1) is 0 Å². The second kappa shape index (κ2) is 5.92. The lowest BCUT2D eigenvalue weighted by atomic mass is 9.83. The van der Waals surface area contributed by atoms with Gasteiger partial charge >= 0.3 is 5.97 Å². The SMILES string of the molecule is CC1CCCC(CNS(=O)(=O)c2[nH]ncc2C(=O)O)C1. The average Bonchev–Trinajstić information content (AvgIpc) is 2.87. The minimum Gasteiger partial charge on any atom is -0.478 e. The van der Waals surface area contributed by atoms with Crippen LogP contribution in [0.3, 0.4) is 0 Å². The summed E-state index contributed by atoms with van der Waals surface area (Å²) in [7, 11) is -3.86. The van der Waals surface area contributed by atoms with Gasteiger partial charge in [0.1, 0.15) is 5.56 Å². The molecule has 0 spiro atoms. The van der Waals surface area contributed by atoms with Crippen LogP contribution in [0.2, 0.25) is 0 Å². The Kier molecular flexibility index (Phi) is 4.44. The van der Waals surface area contributed by atoms with Crippen LogP contribution in [0.25, 0.3) is 0 Å². The van der Waals surface area contributed by atoms with Crippen molar-refractivity contribution in [2.24, 2.45) is 11.8 Å². The van der Waals surface area contributed by atoms with E-state index < -0.39 is 16.0 Å². The Morgan fingerprint density at radius 3 is 2.95 bits per heavy atom. The number of aromatic carboxylic acids is 1. The second-order valence-corrected chi connectivity index (χ2v) is 7.11. The van der Waals surface area contributed by atoms with Crippen molar-refractivity contribution in [1.82, 2.24) is 14.9 Å². The Bertz CT molecular complexity index is 581. The highest BCUT2D eigenvalue weighted by atomic mass is 32.2. The standard InChI is InChI=1S/C12H19N3O4S/c1-8-3-2-4-9(5-8)6-14-20(18,19)11-10(12(16)17)7-13-15-11/h7-9,14H,2-6H2,1H3,(H,13,15)(H,16,17). The third kappa shape index (κ3) is 3.37. The molecule has 2 atom stereocenters. The van der Waals surface area contributed by atoms with Gasteiger partial charge in [-0.05, 0) is 24.7 Å². The van der Waals surface area contributed by atoms with Crippen molar-refractivity contribution in [3.8, 4) is 0 Å². The highest BCUT2D eigenvalue weighted by Crippen LogP contribution is 2.28. The fraction of sp³-hybridized carbons (Fsp3) is 0.667. The van der Waals surface area contributed by atoms with Gasteiger partial charge in [0.15, 0.2) is 5.03 Å². The maximum absolute atomic E-state index is 12.1. The minimum absolute atomic E-state index is 0.310. The summed E-state index contributed by atoms with van der Waals surface area (Å²) in [4.78, 5) is 10.9. The molecule has 0 aliphatic heterocycles. The van der Waals surface area contributed by atoms with Crippen molar-refractivity contribution >= 4 is 16.0 Å². The zero-order valence-corrected chi connectivity index (χ0v) is 12.1. The number of aromatic amines is 1. The summed E-state index contributed by atoms with van der Waals surface area (Å²) >= 11 is 0. The molecule has 0 aromatic carbocycles. The van der Waals surface area contributed by atoms with Crippen LogP contribution in [0, 0.1) is 11.8 Å². The lowest BCUT2D eigenvalue weighted by Crippen LogP contribution is -2.32. The molecule has 112 valence electrons. The predicted octanol–water partition coefficient (Wildman–Crippen LogP) is 1.21. The summed E-state index contributed by atoms with van der Waals surface area (Å²) in [6.45, 7) is 2.50. The lowest BCUT2D eigenvalue weighted by molar-refractivity contribution is 0.0692. The van der Waals surface area contributed by atoms with Crippen LogP contribution < -0.4 is 4.72 Å². The predicted molar refractivity (Wildman–Crippen MR) is 71.9 cm³/mol. The van der Waals surface area contributed by atoms with E-state index in [-0.39, 0.29) is 10.6 Å². The van der Waals surface area contributed by atoms with E-state index in [2.05, 4.69) is 21.8 Å². The fourth-order valence-corrected chi connectivity index (χ4v) is 3.88. The Balaban J connectivity index is 2.04. The number of carboxylic acid groups (broad SMARTS) is 1. The maximum Gasteiger partial charge on any atom is 0.340 e. The smallest absolute Gasteiger partial charge is 0.340 e. The highest BCUT2D eigenvalue weighted by Gasteiger charge is 2.26. The van der Waals surface area contributed by atoms with Crippen LogP contribution in [0.4, 0.5) is 0 Å². The maximum atomic E-state index is 12.1. The van der Waals surface area contributed by atoms with Gasteiger partial charge < -0.3 is 5.11 Å². The van der Waals surface area contributed by atoms with Gasteiger partial charge in [-0.2, -0.15) is 5.10 Å². The topological polar surface area (TPSA) is 112 Å². The Morgan fingerprint density at radius 2 is 2.30 bits per heavy atom. The molecule has 2 unspecified atom stereocenters. The molecule has 1 aromatic rings. The number of H-pyrrole nitrogens is 1. The van der Waals surface area contributed by atoms with Gasteiger partial charge in [0.25, 0.3) is 10.0 Å². The molecule has 20 heavy (non-hydrogen) atoms. The highest BCUT2D eigenvalue weighted by molar-refractivity contribution is 7.89. The zero-order chi connectivity index (χ0) is 14.8. The number of hydrogen-bond acceptors (Lipinski definition) is 4. The normalized spacial score (nSPS) is 23.6. The molecule has 0 radical (unpaired) electrons. The van der Waals surface area contributed by atoms with Crippen LogP contribution in [-0.4, -0.2) is 36.2 Å². The lowest BCUT2D eigenvalue weighted by Gasteiger charge is -2.26. The number of carboxylic acids is 1. The number of carbonyl (C=O) groups is 1. The Labute approximate surface area is 117 Å². The first-order valence-electron chi connectivity index (χ1n) is 6.66. The van der Waals surface area contributed by atoms with Crippen molar-refractivity contribution in [3.63, 3.8) is 0 Å². The summed E-state index contributed by atoms with van der Waals surface area (Å²) in [5, 5.41) is 14.3.